The number of nitrogen functional groups attached to an aromatic ring is 1. The van der Waals surface area contributed by atoms with Gasteiger partial charge in [-0.25, -0.2) is 13.1 Å². The van der Waals surface area contributed by atoms with Crippen molar-refractivity contribution in [3.8, 4) is 17.2 Å². The highest BCUT2D eigenvalue weighted by Crippen LogP contribution is 2.38. The molecule has 0 aromatic heterocycles. The molecule has 7 nitrogen and oxygen atoms in total. The molecule has 0 unspecified atom stereocenters. The fourth-order valence-corrected chi connectivity index (χ4v) is 3.16. The first-order valence-corrected chi connectivity index (χ1v) is 8.53. The Labute approximate surface area is 141 Å². The van der Waals surface area contributed by atoms with Gasteiger partial charge in [0.1, 0.15) is 0 Å². The number of anilines is 1. The molecule has 0 saturated carbocycles. The van der Waals surface area contributed by atoms with Crippen LogP contribution in [-0.4, -0.2) is 29.7 Å². The summed E-state index contributed by atoms with van der Waals surface area (Å²) in [6.45, 7) is 0.0728. The lowest BCUT2D eigenvalue weighted by atomic mass is 10.2. The summed E-state index contributed by atoms with van der Waals surface area (Å²) in [5.74, 6) is 1.36. The van der Waals surface area contributed by atoms with E-state index in [1.807, 2.05) is 0 Å². The number of nitrogens with two attached hydrogens (primary N) is 1. The Morgan fingerprint density at radius 2 is 1.50 bits per heavy atom. The molecular weight excluding hydrogens is 332 g/mol. The van der Waals surface area contributed by atoms with E-state index in [2.05, 4.69) is 4.72 Å². The molecule has 2 rings (SSSR count). The topological polar surface area (TPSA) is 99.9 Å². The molecule has 0 spiro atoms. The Morgan fingerprint density at radius 1 is 0.958 bits per heavy atom. The average Bonchev–Trinajstić information content (AvgIpc) is 2.59. The second kappa shape index (κ2) is 7.41. The second-order valence-electron chi connectivity index (χ2n) is 4.93. The lowest BCUT2D eigenvalue weighted by molar-refractivity contribution is 0.323. The highest BCUT2D eigenvalue weighted by molar-refractivity contribution is 7.89. The summed E-state index contributed by atoms with van der Waals surface area (Å²) in [4.78, 5) is 0.143. The van der Waals surface area contributed by atoms with Gasteiger partial charge in [-0.1, -0.05) is 0 Å². The van der Waals surface area contributed by atoms with E-state index in [4.69, 9.17) is 19.9 Å². The zero-order valence-electron chi connectivity index (χ0n) is 13.7. The molecule has 3 N–H and O–H groups in total. The van der Waals surface area contributed by atoms with E-state index in [1.165, 1.54) is 45.6 Å². The fraction of sp³-hybridized carbons (Fsp3) is 0.250. The monoisotopic (exact) mass is 352 g/mol. The van der Waals surface area contributed by atoms with Gasteiger partial charge in [-0.3, -0.25) is 0 Å². The predicted molar refractivity (Wildman–Crippen MR) is 91.0 cm³/mol. The van der Waals surface area contributed by atoms with Crippen LogP contribution in [0.3, 0.4) is 0 Å². The first-order chi connectivity index (χ1) is 11.4. The Hall–Kier alpha value is -2.45. The van der Waals surface area contributed by atoms with Crippen LogP contribution in [0.1, 0.15) is 5.56 Å². The molecule has 0 saturated heterocycles. The van der Waals surface area contributed by atoms with Crippen LogP contribution in [0.15, 0.2) is 41.3 Å². The number of sulfonamides is 1. The highest BCUT2D eigenvalue weighted by Gasteiger charge is 2.16. The first-order valence-electron chi connectivity index (χ1n) is 7.05. The Bertz CT molecular complexity index is 779. The first kappa shape index (κ1) is 17.9. The molecule has 2 aromatic carbocycles. The van der Waals surface area contributed by atoms with E-state index in [9.17, 15) is 8.42 Å². The van der Waals surface area contributed by atoms with Gasteiger partial charge < -0.3 is 19.9 Å². The molecule has 24 heavy (non-hydrogen) atoms. The van der Waals surface area contributed by atoms with Crippen LogP contribution in [0.25, 0.3) is 0 Å². The third-order valence-electron chi connectivity index (χ3n) is 3.38. The maximum absolute atomic E-state index is 12.3. The molecular formula is C16H20N2O5S. The minimum Gasteiger partial charge on any atom is -0.493 e. The molecule has 0 aliphatic carbocycles. The number of hydrogen-bond donors (Lipinski definition) is 2. The van der Waals surface area contributed by atoms with Crippen LogP contribution in [0.5, 0.6) is 17.2 Å². The number of methoxy groups -OCH3 is 3. The van der Waals surface area contributed by atoms with Crippen molar-refractivity contribution in [2.24, 2.45) is 0 Å². The van der Waals surface area contributed by atoms with Crippen molar-refractivity contribution in [3.05, 3.63) is 42.0 Å². The molecule has 0 amide bonds. The average molecular weight is 352 g/mol. The number of benzene rings is 2. The van der Waals surface area contributed by atoms with Crippen LogP contribution in [0.4, 0.5) is 5.69 Å². The number of ether oxygens (including phenoxy) is 3. The standard InChI is InChI=1S/C16H20N2O5S/c1-21-14-8-11(9-15(22-2)16(14)23-3)10-18-24(19,20)13-6-4-12(17)5-7-13/h4-9,18H,10,17H2,1-3H3. The van der Waals surface area contributed by atoms with Crippen molar-refractivity contribution in [1.29, 1.82) is 0 Å². The van der Waals surface area contributed by atoms with E-state index in [1.54, 1.807) is 12.1 Å². The quantitative estimate of drug-likeness (QED) is 0.737. The Morgan fingerprint density at radius 3 is 1.96 bits per heavy atom. The maximum Gasteiger partial charge on any atom is 0.240 e. The molecule has 0 heterocycles. The zero-order valence-corrected chi connectivity index (χ0v) is 14.5. The Kier molecular flexibility index (Phi) is 5.53. The molecule has 0 fully saturated rings. The third kappa shape index (κ3) is 3.90. The fourth-order valence-electron chi connectivity index (χ4n) is 2.15. The van der Waals surface area contributed by atoms with Gasteiger partial charge in [0.25, 0.3) is 0 Å². The van der Waals surface area contributed by atoms with Crippen LogP contribution >= 0.6 is 0 Å². The molecule has 8 heteroatoms. The predicted octanol–water partition coefficient (Wildman–Crippen LogP) is 1.77. The summed E-state index contributed by atoms with van der Waals surface area (Å²) in [5.41, 5.74) is 6.74. The summed E-state index contributed by atoms with van der Waals surface area (Å²) in [6.07, 6.45) is 0. The number of rotatable bonds is 7. The minimum absolute atomic E-state index is 0.0728. The van der Waals surface area contributed by atoms with Crippen molar-refractivity contribution in [2.45, 2.75) is 11.4 Å². The summed E-state index contributed by atoms with van der Waals surface area (Å²) in [5, 5.41) is 0. The summed E-state index contributed by atoms with van der Waals surface area (Å²) in [6, 6.07) is 9.35. The smallest absolute Gasteiger partial charge is 0.240 e. The van der Waals surface area contributed by atoms with Crippen LogP contribution in [-0.2, 0) is 16.6 Å². The van der Waals surface area contributed by atoms with E-state index in [0.29, 0.717) is 28.5 Å². The van der Waals surface area contributed by atoms with E-state index >= 15 is 0 Å². The van der Waals surface area contributed by atoms with Crippen molar-refractivity contribution in [2.75, 3.05) is 27.1 Å². The van der Waals surface area contributed by atoms with Crippen molar-refractivity contribution in [3.63, 3.8) is 0 Å². The molecule has 2 aromatic rings. The normalized spacial score (nSPS) is 11.1. The van der Waals surface area contributed by atoms with E-state index in [-0.39, 0.29) is 11.4 Å². The van der Waals surface area contributed by atoms with Gasteiger partial charge in [-0.2, -0.15) is 0 Å². The van der Waals surface area contributed by atoms with Crippen LogP contribution in [0, 0.1) is 0 Å². The highest BCUT2D eigenvalue weighted by atomic mass is 32.2. The maximum atomic E-state index is 12.3. The van der Waals surface area contributed by atoms with Gasteiger partial charge >= 0.3 is 0 Å². The van der Waals surface area contributed by atoms with Crippen molar-refractivity contribution < 1.29 is 22.6 Å². The van der Waals surface area contributed by atoms with Gasteiger partial charge in [0.15, 0.2) is 11.5 Å². The van der Waals surface area contributed by atoms with Crippen molar-refractivity contribution in [1.82, 2.24) is 4.72 Å². The minimum atomic E-state index is -3.65. The number of nitrogens with one attached hydrogen (secondary N) is 1. The molecule has 130 valence electrons. The largest absolute Gasteiger partial charge is 0.493 e. The zero-order chi connectivity index (χ0) is 17.7. The van der Waals surface area contributed by atoms with Crippen LogP contribution in [0.2, 0.25) is 0 Å². The van der Waals surface area contributed by atoms with Crippen molar-refractivity contribution >= 4 is 15.7 Å². The molecule has 0 radical (unpaired) electrons. The SMILES string of the molecule is COc1cc(CNS(=O)(=O)c2ccc(N)cc2)cc(OC)c1OC. The van der Waals surface area contributed by atoms with E-state index < -0.39 is 10.0 Å². The summed E-state index contributed by atoms with van der Waals surface area (Å²) < 4.78 is 42.9. The Balaban J connectivity index is 2.23. The van der Waals surface area contributed by atoms with Gasteiger partial charge in [0.2, 0.25) is 15.8 Å². The van der Waals surface area contributed by atoms with Gasteiger partial charge in [-0.05, 0) is 42.0 Å². The van der Waals surface area contributed by atoms with Crippen LogP contribution < -0.4 is 24.7 Å². The van der Waals surface area contributed by atoms with Gasteiger partial charge in [0.05, 0.1) is 26.2 Å². The van der Waals surface area contributed by atoms with E-state index in [0.717, 1.165) is 0 Å². The second-order valence-corrected chi connectivity index (χ2v) is 6.69. The summed E-state index contributed by atoms with van der Waals surface area (Å²) >= 11 is 0. The third-order valence-corrected chi connectivity index (χ3v) is 4.80. The molecule has 0 atom stereocenters. The van der Waals surface area contributed by atoms with Gasteiger partial charge in [0, 0.05) is 12.2 Å². The summed E-state index contributed by atoms with van der Waals surface area (Å²) in [7, 11) is 0.855. The lowest BCUT2D eigenvalue weighted by Crippen LogP contribution is -2.23. The number of hydrogen-bond acceptors (Lipinski definition) is 6. The molecule has 0 aliphatic heterocycles. The molecule has 0 aliphatic rings. The van der Waals surface area contributed by atoms with Gasteiger partial charge in [-0.15, -0.1) is 0 Å². The lowest BCUT2D eigenvalue weighted by Gasteiger charge is -2.14. The molecule has 0 bridgehead atoms.